The fraction of sp³-hybridized carbons (Fsp3) is 0.373. The maximum atomic E-state index is 12.2. The van der Waals surface area contributed by atoms with E-state index in [0.717, 1.165) is 111 Å². The average Bonchev–Trinajstić information content (AvgIpc) is 1.61. The number of carbonyl (C=O) groups excluding carboxylic acids is 7. The van der Waals surface area contributed by atoms with E-state index in [9.17, 15) is 48.0 Å². The Morgan fingerprint density at radius 2 is 1.03 bits per heavy atom. The topological polar surface area (TPSA) is 385 Å². The molecular formula is C83H103B2LiN10O19PU. The van der Waals surface area contributed by atoms with Crippen molar-refractivity contribution in [2.24, 2.45) is 9.98 Å². The summed E-state index contributed by atoms with van der Waals surface area (Å²) in [6.45, 7) is 2.26. The van der Waals surface area contributed by atoms with Gasteiger partial charge in [-0.2, -0.15) is 5.10 Å². The molecule has 29 nitrogen and oxygen atoms in total. The number of nitrogens with one attached hydrogen (secondary N) is 3. The largest absolute Gasteiger partial charge is 1.00 e. The SMILES string of the molecule is C.COC(=O)/C(=C/C1=CCN=C1)NC(=O)OCc1ccccc1.COC(=O)C(NC(=O)OCc1ccccc1)P(=O)(OC)OC.COC(=O)Cc1ccc2c(n1)CCCC2.O=C(NC(Cc1cnn(CCc2ccc3c(n2)CCCC3)c1)C(=O)O)OCc1ccccc1.O=CC1=CCN=C1.OCCc1ccc2c(n1)CCCC2.[2H][B].[B].[H-].[Li+].[U]. The number of carboxylic acids is 1. The number of methoxy groups -OCH3 is 3. The van der Waals surface area contributed by atoms with E-state index in [0.29, 0.717) is 31.6 Å². The number of pyridine rings is 3. The minimum atomic E-state index is -3.90. The van der Waals surface area contributed by atoms with Gasteiger partial charge in [0.15, 0.2) is 6.29 Å². The molecule has 117 heavy (non-hydrogen) atoms. The Hall–Kier alpha value is -9.87. The van der Waals surface area contributed by atoms with Gasteiger partial charge in [0.2, 0.25) is 5.78 Å². The Morgan fingerprint density at radius 3 is 1.45 bits per heavy atom. The molecule has 7 aromatic rings. The van der Waals surface area contributed by atoms with Crippen molar-refractivity contribution in [3.63, 3.8) is 0 Å². The molecule has 0 bridgehead atoms. The van der Waals surface area contributed by atoms with Crippen LogP contribution in [0.25, 0.3) is 0 Å². The summed E-state index contributed by atoms with van der Waals surface area (Å²) in [4.78, 5) is 113. The Balaban J connectivity index is 0.000000737. The normalized spacial score (nSPS) is 13.4. The molecular weight excluding hydrogens is 1740 g/mol. The van der Waals surface area contributed by atoms with E-state index < -0.39 is 55.6 Å². The van der Waals surface area contributed by atoms with E-state index in [2.05, 4.69) is 87.9 Å². The number of ether oxygens (including phenoxy) is 6. The number of amides is 3. The quantitative estimate of drug-likeness (QED) is 0.00887. The van der Waals surface area contributed by atoms with Crippen molar-refractivity contribution in [1.29, 1.82) is 1.34 Å². The van der Waals surface area contributed by atoms with Crippen molar-refractivity contribution < 1.29 is 142 Å². The van der Waals surface area contributed by atoms with Gasteiger partial charge in [0, 0.05) is 147 Å². The number of nitrogens with zero attached hydrogens (tertiary/aromatic N) is 7. The van der Waals surface area contributed by atoms with Gasteiger partial charge in [0.25, 0.3) is 0 Å². The molecule has 0 saturated heterocycles. The van der Waals surface area contributed by atoms with E-state index in [4.69, 9.17) is 34.7 Å². The van der Waals surface area contributed by atoms with Gasteiger partial charge in [-0.3, -0.25) is 54.4 Å². The monoisotopic (exact) mass is 1840 g/mol. The summed E-state index contributed by atoms with van der Waals surface area (Å²) in [5.41, 5.74) is 15.2. The van der Waals surface area contributed by atoms with Gasteiger partial charge in [-0.15, -0.1) is 0 Å². The molecule has 6 heterocycles. The van der Waals surface area contributed by atoms with E-state index in [1.807, 2.05) is 91.1 Å². The molecule has 0 fully saturated rings. The van der Waals surface area contributed by atoms with Crippen LogP contribution in [-0.4, -0.2) is 181 Å². The summed E-state index contributed by atoms with van der Waals surface area (Å²) in [5, 5.41) is 29.6. The maximum Gasteiger partial charge on any atom is 1.00 e. The number of hydrogen-bond donors (Lipinski definition) is 5. The van der Waals surface area contributed by atoms with Crippen LogP contribution in [0.15, 0.2) is 185 Å². The fourth-order valence-electron chi connectivity index (χ4n) is 11.5. The molecule has 12 rings (SSSR count). The molecule has 2 unspecified atom stereocenters. The number of rotatable bonds is 26. The van der Waals surface area contributed by atoms with Gasteiger partial charge in [0.05, 0.1) is 52.7 Å². The van der Waals surface area contributed by atoms with Crippen LogP contribution in [0.1, 0.15) is 120 Å². The number of aliphatic imine (C=N–C) groups is 2. The number of aromatic nitrogens is 5. The molecule has 34 heteroatoms. The fourth-order valence-corrected chi connectivity index (χ4v) is 12.7. The smallest absolute Gasteiger partial charge is 1.00 e. The first-order valence-electron chi connectivity index (χ1n) is 37.1. The maximum absolute atomic E-state index is 12.2. The van der Waals surface area contributed by atoms with Crippen molar-refractivity contribution in [3.8, 4) is 0 Å². The van der Waals surface area contributed by atoms with Gasteiger partial charge in [0.1, 0.15) is 31.6 Å². The average molecular weight is 1840 g/mol. The standard InChI is InChI=1S/C25H28N4O4.C16H16N2O4.C13H18NO7P.C12H15NO2.C11H15NO.C5H5NO.CH4.BH.B.Li.U.H/c30-24(31)23(28-25(32)33-17-18-6-2-1-3-7-18)14-19-15-26-29(16-19)13-12-21-11-10-20-8-4-5-9-22(20)27-21;1-21-15(19)14(9-13-7-8-17-10-13)18-16(20)22-11-12-5-3-2-4-6-12;1-18-12(15)11(22(17,19-2)20-3)14-13(16)21-9-10-7-5-4-6-8-10;1-15-12(14)8-10-7-6-9-4-2-3-5-11(9)13-10;13-8-7-10-6-5-9-3-1-2-4-11(9)12-10;7-4-5-1-2-6-3-5;;;;;;/h1-3,6-7,10-11,15-16,23H,4-5,8-9,12-14,17H2,(H,28,32)(H,30,31);2-7,9-10H,8,11H2,1H3,(H,18,20);4-8,11H,9H2,1-3H3,(H,14,16);6-7H,2-5,8H2,1H3;5-6,13H,1-4,7-8H2;1,3-4H,2H2;1H4;1H;;;;/q;;;;;;;;;+1;;-1/b;14-9-;;;;;;;;;;/i;;;;;;;1D;;;;. The Morgan fingerprint density at radius 1 is 0.590 bits per heavy atom. The third kappa shape index (κ3) is 37.1. The van der Waals surface area contributed by atoms with Gasteiger partial charge in [-0.05, 0) is 147 Å². The second-order valence-electron chi connectivity index (χ2n) is 25.5. The predicted molar refractivity (Wildman–Crippen MR) is 437 cm³/mol. The summed E-state index contributed by atoms with van der Waals surface area (Å²) in [7, 11) is 5.77. The number of esters is 3. The predicted octanol–water partition coefficient (Wildman–Crippen LogP) is 7.29. The second kappa shape index (κ2) is 57.3. The van der Waals surface area contributed by atoms with Gasteiger partial charge in [-0.1, -0.05) is 129 Å². The van der Waals surface area contributed by atoms with Crippen LogP contribution < -0.4 is 34.8 Å². The van der Waals surface area contributed by atoms with Crippen molar-refractivity contribution in [2.45, 2.75) is 148 Å². The van der Waals surface area contributed by atoms with Crippen molar-refractivity contribution in [1.82, 2.24) is 40.7 Å². The first-order chi connectivity index (χ1) is 55.3. The number of carbonyl (C=O) groups is 8. The molecule has 2 atom stereocenters. The number of aldehydes is 1. The second-order valence-corrected chi connectivity index (χ2v) is 27.8. The number of hydrogen-bond acceptors (Lipinski definition) is 24. The summed E-state index contributed by atoms with van der Waals surface area (Å²) in [6.07, 6.45) is 26.0. The number of aliphatic carboxylic acids is 1. The van der Waals surface area contributed by atoms with Crippen LogP contribution in [0.3, 0.4) is 0 Å². The molecule has 615 valence electrons. The number of aliphatic hydroxyl groups excluding tert-OH is 1. The zero-order valence-electron chi connectivity index (χ0n) is 68.2. The molecule has 2 aliphatic heterocycles. The first kappa shape index (κ1) is 101. The van der Waals surface area contributed by atoms with Gasteiger partial charge >= 0.3 is 68.6 Å². The number of allylic oxidation sites excluding steroid dienone is 3. The number of benzene rings is 3. The van der Waals surface area contributed by atoms with Crippen LogP contribution in [0, 0.1) is 31.1 Å². The molecule has 3 amide bonds. The molecule has 3 aromatic carbocycles. The first-order valence-corrected chi connectivity index (χ1v) is 38.2. The van der Waals surface area contributed by atoms with Crippen molar-refractivity contribution in [3.05, 3.63) is 248 Å². The summed E-state index contributed by atoms with van der Waals surface area (Å²) in [5.74, 6) is -4.59. The van der Waals surface area contributed by atoms with E-state index in [-0.39, 0.29) is 118 Å². The van der Waals surface area contributed by atoms with Crippen LogP contribution in [-0.2, 0) is 157 Å². The Bertz CT molecular complexity index is 4480. The van der Waals surface area contributed by atoms with E-state index in [1.165, 1.54) is 99.0 Å². The van der Waals surface area contributed by atoms with Crippen LogP contribution >= 0.6 is 7.60 Å². The molecule has 3 aliphatic carbocycles. The molecule has 0 spiro atoms. The van der Waals surface area contributed by atoms with Crippen molar-refractivity contribution >= 4 is 85.3 Å². The summed E-state index contributed by atoms with van der Waals surface area (Å²) >= 11 is 0. The van der Waals surface area contributed by atoms with Crippen LogP contribution in [0.5, 0.6) is 0 Å². The van der Waals surface area contributed by atoms with Crippen LogP contribution in [0.2, 0.25) is 0 Å². The van der Waals surface area contributed by atoms with Crippen LogP contribution in [0.4, 0.5) is 14.4 Å². The molecule has 5 aliphatic rings. The van der Waals surface area contributed by atoms with Gasteiger partial charge in [-0.25, -0.2) is 28.8 Å². The zero-order valence-corrected chi connectivity index (χ0v) is 71.3. The number of aliphatic hydroxyl groups is 1. The van der Waals surface area contributed by atoms with Crippen molar-refractivity contribution in [2.75, 3.05) is 55.2 Å². The zero-order chi connectivity index (χ0) is 82.3. The molecule has 4 aromatic heterocycles. The molecule has 5 radical (unpaired) electrons. The Labute approximate surface area is 725 Å². The van der Waals surface area contributed by atoms with Gasteiger partial charge < -0.3 is 54.4 Å². The number of carboxylic acid groups (broad SMARTS) is 1. The Kier molecular flexibility index (Phi) is 49.6. The third-order valence-corrected chi connectivity index (χ3v) is 19.5. The van der Waals surface area contributed by atoms with E-state index >= 15 is 0 Å². The number of alkyl carbamates (subject to hydrolysis) is 3. The number of fused-ring (bicyclic) bond motifs is 3. The molecule has 0 saturated carbocycles. The van der Waals surface area contributed by atoms with E-state index in [1.54, 1.807) is 53.6 Å². The third-order valence-electron chi connectivity index (χ3n) is 17.5. The molecule has 5 N–H and O–H groups in total. The summed E-state index contributed by atoms with van der Waals surface area (Å²) < 4.78 is 57.6. The summed E-state index contributed by atoms with van der Waals surface area (Å²) in [6, 6.07) is 38.8. The number of aryl methyl sites for hydroxylation is 8. The minimum Gasteiger partial charge on any atom is -1.00 e. The minimum absolute atomic E-state index is 0.